The molecule has 4 nitrogen and oxygen atoms in total. The van der Waals surface area contributed by atoms with Gasteiger partial charge < -0.3 is 14.2 Å². The highest BCUT2D eigenvalue weighted by Gasteiger charge is 2.14. The van der Waals surface area contributed by atoms with E-state index in [1.54, 1.807) is 20.3 Å². The van der Waals surface area contributed by atoms with Crippen LogP contribution in [0.3, 0.4) is 0 Å². The fourth-order valence-corrected chi connectivity index (χ4v) is 2.23. The molecule has 0 amide bonds. The highest BCUT2D eigenvalue weighted by Crippen LogP contribution is 2.34. The van der Waals surface area contributed by atoms with Crippen molar-refractivity contribution in [3.8, 4) is 11.5 Å². The van der Waals surface area contributed by atoms with Crippen LogP contribution in [-0.4, -0.2) is 26.3 Å². The summed E-state index contributed by atoms with van der Waals surface area (Å²) < 4.78 is 16.4. The van der Waals surface area contributed by atoms with E-state index in [0.717, 1.165) is 10.0 Å². The lowest BCUT2D eigenvalue weighted by molar-refractivity contribution is -0.145. The number of hydrogen-bond acceptors (Lipinski definition) is 4. The van der Waals surface area contributed by atoms with Crippen molar-refractivity contribution in [3.63, 3.8) is 0 Å². The Morgan fingerprint density at radius 3 is 2.50 bits per heavy atom. The summed E-state index contributed by atoms with van der Waals surface area (Å²) in [5.74, 6) is 1.12. The highest BCUT2D eigenvalue weighted by molar-refractivity contribution is 9.10. The molecule has 0 fully saturated rings. The summed E-state index contributed by atoms with van der Waals surface area (Å²) in [6, 6.07) is 3.69. The van der Waals surface area contributed by atoms with Crippen LogP contribution in [0.15, 0.2) is 16.6 Å². The fraction of sp³-hybridized carbons (Fsp3) is 0.462. The molecular weight excluding hydrogens is 300 g/mol. The number of carbonyl (C=O) groups is 1. The molecule has 18 heavy (non-hydrogen) atoms. The van der Waals surface area contributed by atoms with Crippen LogP contribution in [0, 0.1) is 0 Å². The van der Waals surface area contributed by atoms with Crippen LogP contribution in [0.2, 0.25) is 0 Å². The zero-order valence-corrected chi connectivity index (χ0v) is 12.5. The van der Waals surface area contributed by atoms with Gasteiger partial charge in [-0.05, 0) is 34.5 Å². The van der Waals surface area contributed by atoms with E-state index < -0.39 is 0 Å². The fourth-order valence-electron chi connectivity index (χ4n) is 1.68. The standard InChI is InChI=1S/C13H17BrO4/c1-8(18-9(2)15)5-10-6-11(16-3)7-12(17-4)13(10)14/h6-8H,5H2,1-4H3/t8-/m0/s1. The molecule has 0 N–H and O–H groups in total. The van der Waals surface area contributed by atoms with Gasteiger partial charge in [-0.25, -0.2) is 0 Å². The van der Waals surface area contributed by atoms with Crippen molar-refractivity contribution in [1.29, 1.82) is 0 Å². The van der Waals surface area contributed by atoms with E-state index in [9.17, 15) is 4.79 Å². The molecule has 1 aromatic carbocycles. The van der Waals surface area contributed by atoms with Crippen molar-refractivity contribution in [2.24, 2.45) is 0 Å². The Morgan fingerprint density at radius 1 is 1.33 bits per heavy atom. The summed E-state index contributed by atoms with van der Waals surface area (Å²) in [4.78, 5) is 10.9. The van der Waals surface area contributed by atoms with Crippen molar-refractivity contribution in [2.45, 2.75) is 26.4 Å². The van der Waals surface area contributed by atoms with Gasteiger partial charge >= 0.3 is 5.97 Å². The van der Waals surface area contributed by atoms with Gasteiger partial charge in [0.25, 0.3) is 0 Å². The second-order valence-corrected chi connectivity index (χ2v) is 4.72. The molecule has 5 heteroatoms. The number of carbonyl (C=O) groups excluding carboxylic acids is 1. The van der Waals surface area contributed by atoms with Crippen molar-refractivity contribution in [3.05, 3.63) is 22.2 Å². The quantitative estimate of drug-likeness (QED) is 0.783. The van der Waals surface area contributed by atoms with E-state index in [-0.39, 0.29) is 12.1 Å². The Bertz CT molecular complexity index is 431. The third-order valence-corrected chi connectivity index (χ3v) is 3.32. The van der Waals surface area contributed by atoms with Crippen LogP contribution >= 0.6 is 15.9 Å². The first kappa shape index (κ1) is 14.8. The monoisotopic (exact) mass is 316 g/mol. The minimum Gasteiger partial charge on any atom is -0.497 e. The van der Waals surface area contributed by atoms with Crippen LogP contribution in [0.4, 0.5) is 0 Å². The van der Waals surface area contributed by atoms with E-state index in [0.29, 0.717) is 17.9 Å². The van der Waals surface area contributed by atoms with Gasteiger partial charge in [0.05, 0.1) is 18.7 Å². The Balaban J connectivity index is 2.96. The van der Waals surface area contributed by atoms with Gasteiger partial charge in [-0.2, -0.15) is 0 Å². The number of methoxy groups -OCH3 is 2. The Morgan fingerprint density at radius 2 is 2.00 bits per heavy atom. The lowest BCUT2D eigenvalue weighted by atomic mass is 10.1. The first-order valence-corrected chi connectivity index (χ1v) is 6.34. The molecule has 0 unspecified atom stereocenters. The second-order valence-electron chi connectivity index (χ2n) is 3.93. The van der Waals surface area contributed by atoms with Gasteiger partial charge in [0, 0.05) is 19.4 Å². The Labute approximate surface area is 115 Å². The van der Waals surface area contributed by atoms with Crippen molar-refractivity contribution < 1.29 is 19.0 Å². The zero-order valence-electron chi connectivity index (χ0n) is 11.0. The summed E-state index contributed by atoms with van der Waals surface area (Å²) in [5.41, 5.74) is 0.972. The van der Waals surface area contributed by atoms with Gasteiger partial charge in [-0.15, -0.1) is 0 Å². The molecule has 1 aromatic rings. The molecular formula is C13H17BrO4. The predicted molar refractivity (Wildman–Crippen MR) is 72.2 cm³/mol. The SMILES string of the molecule is COc1cc(C[C@H](C)OC(C)=O)c(Br)c(OC)c1. The molecule has 0 aliphatic carbocycles. The van der Waals surface area contributed by atoms with Gasteiger partial charge in [-0.3, -0.25) is 4.79 Å². The van der Waals surface area contributed by atoms with Crippen LogP contribution in [0.5, 0.6) is 11.5 Å². The van der Waals surface area contributed by atoms with Crippen molar-refractivity contribution in [2.75, 3.05) is 14.2 Å². The summed E-state index contributed by atoms with van der Waals surface area (Å²) in [5, 5.41) is 0. The average molecular weight is 317 g/mol. The smallest absolute Gasteiger partial charge is 0.302 e. The van der Waals surface area contributed by atoms with Crippen molar-refractivity contribution in [1.82, 2.24) is 0 Å². The summed E-state index contributed by atoms with van der Waals surface area (Å²) in [6.07, 6.45) is 0.392. The molecule has 1 rings (SSSR count). The van der Waals surface area contributed by atoms with Gasteiger partial charge in [0.2, 0.25) is 0 Å². The average Bonchev–Trinajstić information content (AvgIpc) is 2.30. The molecule has 0 aromatic heterocycles. The summed E-state index contributed by atoms with van der Waals surface area (Å²) >= 11 is 3.48. The summed E-state index contributed by atoms with van der Waals surface area (Å²) in [6.45, 7) is 3.25. The lowest BCUT2D eigenvalue weighted by Crippen LogP contribution is -2.15. The molecule has 0 bridgehead atoms. The van der Waals surface area contributed by atoms with Crippen molar-refractivity contribution >= 4 is 21.9 Å². The van der Waals surface area contributed by atoms with Gasteiger partial charge in [-0.1, -0.05) is 0 Å². The topological polar surface area (TPSA) is 44.8 Å². The molecule has 100 valence electrons. The molecule has 0 aliphatic rings. The first-order valence-electron chi connectivity index (χ1n) is 5.55. The molecule has 0 radical (unpaired) electrons. The maximum atomic E-state index is 10.9. The number of halogens is 1. The number of benzene rings is 1. The first-order chi connectivity index (χ1) is 8.47. The predicted octanol–water partition coefficient (Wildman–Crippen LogP) is 2.96. The lowest BCUT2D eigenvalue weighted by Gasteiger charge is -2.15. The Kier molecular flexibility index (Phi) is 5.47. The normalized spacial score (nSPS) is 11.8. The van der Waals surface area contributed by atoms with Crippen LogP contribution in [0.1, 0.15) is 19.4 Å². The van der Waals surface area contributed by atoms with E-state index in [4.69, 9.17) is 14.2 Å². The molecule has 0 spiro atoms. The van der Waals surface area contributed by atoms with Crippen LogP contribution in [-0.2, 0) is 16.0 Å². The van der Waals surface area contributed by atoms with E-state index in [2.05, 4.69) is 15.9 Å². The third-order valence-electron chi connectivity index (χ3n) is 2.42. The maximum Gasteiger partial charge on any atom is 0.302 e. The maximum absolute atomic E-state index is 10.9. The van der Waals surface area contributed by atoms with E-state index in [1.807, 2.05) is 13.0 Å². The third kappa shape index (κ3) is 3.91. The molecule has 0 heterocycles. The molecule has 0 saturated heterocycles. The van der Waals surface area contributed by atoms with E-state index in [1.165, 1.54) is 6.92 Å². The van der Waals surface area contributed by atoms with Crippen LogP contribution < -0.4 is 9.47 Å². The van der Waals surface area contributed by atoms with E-state index >= 15 is 0 Å². The Hall–Kier alpha value is -1.23. The number of esters is 1. The highest BCUT2D eigenvalue weighted by atomic mass is 79.9. The minimum atomic E-state index is -0.284. The molecule has 1 atom stereocenters. The number of rotatable bonds is 5. The largest absolute Gasteiger partial charge is 0.497 e. The number of ether oxygens (including phenoxy) is 3. The van der Waals surface area contributed by atoms with Gasteiger partial charge in [0.1, 0.15) is 17.6 Å². The summed E-state index contributed by atoms with van der Waals surface area (Å²) in [7, 11) is 3.20. The zero-order chi connectivity index (χ0) is 13.7. The van der Waals surface area contributed by atoms with Gasteiger partial charge in [0.15, 0.2) is 0 Å². The second kappa shape index (κ2) is 6.64. The minimum absolute atomic E-state index is 0.199. The molecule has 0 aliphatic heterocycles. The number of hydrogen-bond donors (Lipinski definition) is 0. The molecule has 0 saturated carbocycles. The van der Waals surface area contributed by atoms with Crippen LogP contribution in [0.25, 0.3) is 0 Å².